The van der Waals surface area contributed by atoms with E-state index in [4.69, 9.17) is 0 Å². The SMILES string of the molecule is CN(C)N(C)C1CCNCC1. The van der Waals surface area contributed by atoms with E-state index in [2.05, 4.69) is 36.5 Å². The molecule has 1 fully saturated rings. The minimum absolute atomic E-state index is 0.742. The lowest BCUT2D eigenvalue weighted by Gasteiger charge is -2.35. The highest BCUT2D eigenvalue weighted by Crippen LogP contribution is 2.09. The van der Waals surface area contributed by atoms with Crippen molar-refractivity contribution >= 4 is 0 Å². The van der Waals surface area contributed by atoms with Gasteiger partial charge in [-0.25, -0.2) is 10.0 Å². The predicted molar refractivity (Wildman–Crippen MR) is 47.3 cm³/mol. The second-order valence-corrected chi connectivity index (χ2v) is 3.40. The Labute approximate surface area is 69.3 Å². The second kappa shape index (κ2) is 4.04. The first-order valence-corrected chi connectivity index (χ1v) is 4.32. The van der Waals surface area contributed by atoms with Crippen LogP contribution in [0.3, 0.4) is 0 Å². The molecule has 3 heteroatoms. The Morgan fingerprint density at radius 2 is 1.64 bits per heavy atom. The van der Waals surface area contributed by atoms with Crippen LogP contribution in [-0.4, -0.2) is 50.3 Å². The maximum Gasteiger partial charge on any atom is 0.0266 e. The molecule has 1 saturated heterocycles. The van der Waals surface area contributed by atoms with E-state index in [-0.39, 0.29) is 0 Å². The van der Waals surface area contributed by atoms with E-state index in [1.807, 2.05) is 0 Å². The van der Waals surface area contributed by atoms with Gasteiger partial charge in [0.1, 0.15) is 0 Å². The van der Waals surface area contributed by atoms with Crippen LogP contribution in [0, 0.1) is 0 Å². The van der Waals surface area contributed by atoms with Gasteiger partial charge in [-0.2, -0.15) is 0 Å². The van der Waals surface area contributed by atoms with Gasteiger partial charge in [0.05, 0.1) is 0 Å². The van der Waals surface area contributed by atoms with Crippen LogP contribution in [0.25, 0.3) is 0 Å². The number of rotatable bonds is 2. The number of hydrogen-bond donors (Lipinski definition) is 1. The summed E-state index contributed by atoms with van der Waals surface area (Å²) in [6.07, 6.45) is 2.54. The van der Waals surface area contributed by atoms with Gasteiger partial charge < -0.3 is 5.32 Å². The molecule has 0 radical (unpaired) electrons. The monoisotopic (exact) mass is 157 g/mol. The average molecular weight is 157 g/mol. The van der Waals surface area contributed by atoms with Crippen molar-refractivity contribution in [3.63, 3.8) is 0 Å². The van der Waals surface area contributed by atoms with Crippen LogP contribution < -0.4 is 5.32 Å². The molecule has 1 aliphatic rings. The Hall–Kier alpha value is -0.120. The molecule has 0 aliphatic carbocycles. The van der Waals surface area contributed by atoms with Crippen molar-refractivity contribution in [2.75, 3.05) is 34.2 Å². The molecule has 3 nitrogen and oxygen atoms in total. The van der Waals surface area contributed by atoms with Crippen molar-refractivity contribution in [2.45, 2.75) is 18.9 Å². The molecule has 0 amide bonds. The normalized spacial score (nSPS) is 21.5. The molecular weight excluding hydrogens is 138 g/mol. The predicted octanol–water partition coefficient (Wildman–Crippen LogP) is 0.147. The molecule has 0 aromatic rings. The van der Waals surface area contributed by atoms with Crippen LogP contribution in [0.4, 0.5) is 0 Å². The number of hydrazine groups is 1. The van der Waals surface area contributed by atoms with E-state index in [0.29, 0.717) is 0 Å². The largest absolute Gasteiger partial charge is 0.317 e. The molecule has 66 valence electrons. The zero-order valence-electron chi connectivity index (χ0n) is 7.80. The van der Waals surface area contributed by atoms with Crippen molar-refractivity contribution in [1.29, 1.82) is 0 Å². The summed E-state index contributed by atoms with van der Waals surface area (Å²) in [5.41, 5.74) is 0. The Kier molecular flexibility index (Phi) is 3.30. The van der Waals surface area contributed by atoms with E-state index in [1.54, 1.807) is 0 Å². The van der Waals surface area contributed by atoms with Gasteiger partial charge in [0.2, 0.25) is 0 Å². The fraction of sp³-hybridized carbons (Fsp3) is 1.00. The van der Waals surface area contributed by atoms with Crippen LogP contribution in [0.15, 0.2) is 0 Å². The molecule has 0 spiro atoms. The molecule has 1 N–H and O–H groups in total. The van der Waals surface area contributed by atoms with Crippen LogP contribution >= 0.6 is 0 Å². The van der Waals surface area contributed by atoms with Gasteiger partial charge in [-0.1, -0.05) is 0 Å². The third-order valence-electron chi connectivity index (χ3n) is 2.47. The quantitative estimate of drug-likeness (QED) is 0.576. The van der Waals surface area contributed by atoms with Crippen molar-refractivity contribution in [2.24, 2.45) is 0 Å². The third kappa shape index (κ3) is 2.43. The molecule has 0 saturated carbocycles. The van der Waals surface area contributed by atoms with Gasteiger partial charge in [0.15, 0.2) is 0 Å². The first-order chi connectivity index (χ1) is 5.22. The summed E-state index contributed by atoms with van der Waals surface area (Å²) in [4.78, 5) is 0. The summed E-state index contributed by atoms with van der Waals surface area (Å²) in [5.74, 6) is 0. The van der Waals surface area contributed by atoms with E-state index in [1.165, 1.54) is 25.9 Å². The topological polar surface area (TPSA) is 18.5 Å². The maximum atomic E-state index is 3.36. The molecule has 1 aliphatic heterocycles. The summed E-state index contributed by atoms with van der Waals surface area (Å²) >= 11 is 0. The van der Waals surface area contributed by atoms with Crippen molar-refractivity contribution in [3.8, 4) is 0 Å². The maximum absolute atomic E-state index is 3.36. The van der Waals surface area contributed by atoms with Gasteiger partial charge >= 0.3 is 0 Å². The fourth-order valence-electron chi connectivity index (χ4n) is 1.51. The molecule has 0 aromatic heterocycles. The first-order valence-electron chi connectivity index (χ1n) is 4.32. The third-order valence-corrected chi connectivity index (χ3v) is 2.47. The summed E-state index contributed by atoms with van der Waals surface area (Å²) < 4.78 is 0. The highest BCUT2D eigenvalue weighted by atomic mass is 15.6. The lowest BCUT2D eigenvalue weighted by atomic mass is 10.1. The van der Waals surface area contributed by atoms with Gasteiger partial charge in [-0.15, -0.1) is 0 Å². The fourth-order valence-corrected chi connectivity index (χ4v) is 1.51. The summed E-state index contributed by atoms with van der Waals surface area (Å²) in [6, 6.07) is 0.742. The molecule has 0 atom stereocenters. The second-order valence-electron chi connectivity index (χ2n) is 3.40. The lowest BCUT2D eigenvalue weighted by Crippen LogP contribution is -2.46. The highest BCUT2D eigenvalue weighted by Gasteiger charge is 2.18. The molecule has 0 unspecified atom stereocenters. The Bertz CT molecular complexity index is 108. The van der Waals surface area contributed by atoms with Crippen LogP contribution in [0.2, 0.25) is 0 Å². The zero-order chi connectivity index (χ0) is 8.27. The van der Waals surface area contributed by atoms with Crippen molar-refractivity contribution in [1.82, 2.24) is 15.3 Å². The van der Waals surface area contributed by atoms with E-state index in [9.17, 15) is 0 Å². The Morgan fingerprint density at radius 3 is 2.09 bits per heavy atom. The van der Waals surface area contributed by atoms with E-state index < -0.39 is 0 Å². The molecule has 11 heavy (non-hydrogen) atoms. The first kappa shape index (κ1) is 8.97. The number of nitrogens with zero attached hydrogens (tertiary/aromatic N) is 2. The smallest absolute Gasteiger partial charge is 0.0266 e. The molecular formula is C8H19N3. The average Bonchev–Trinajstić information content (AvgIpc) is 2.05. The minimum atomic E-state index is 0.742. The van der Waals surface area contributed by atoms with Gasteiger partial charge in [0.25, 0.3) is 0 Å². The Morgan fingerprint density at radius 1 is 1.09 bits per heavy atom. The molecule has 1 rings (SSSR count). The van der Waals surface area contributed by atoms with E-state index >= 15 is 0 Å². The Balaban J connectivity index is 2.32. The molecule has 1 heterocycles. The summed E-state index contributed by atoms with van der Waals surface area (Å²) in [5, 5.41) is 7.85. The van der Waals surface area contributed by atoms with Crippen molar-refractivity contribution in [3.05, 3.63) is 0 Å². The molecule has 0 aromatic carbocycles. The van der Waals surface area contributed by atoms with Crippen LogP contribution in [0.5, 0.6) is 0 Å². The van der Waals surface area contributed by atoms with Gasteiger partial charge in [-0.05, 0) is 25.9 Å². The standard InChI is InChI=1S/C8H19N3/c1-10(2)11(3)8-4-6-9-7-5-8/h8-9H,4-7H2,1-3H3. The lowest BCUT2D eigenvalue weighted by molar-refractivity contribution is -0.00183. The van der Waals surface area contributed by atoms with E-state index in [0.717, 1.165) is 6.04 Å². The van der Waals surface area contributed by atoms with Crippen LogP contribution in [0.1, 0.15) is 12.8 Å². The minimum Gasteiger partial charge on any atom is -0.317 e. The summed E-state index contributed by atoms with van der Waals surface area (Å²) in [7, 11) is 6.36. The van der Waals surface area contributed by atoms with Crippen molar-refractivity contribution < 1.29 is 0 Å². The molecule has 0 bridgehead atoms. The number of nitrogens with one attached hydrogen (secondary N) is 1. The van der Waals surface area contributed by atoms with Gasteiger partial charge in [0, 0.05) is 27.2 Å². The number of piperidine rings is 1. The zero-order valence-corrected chi connectivity index (χ0v) is 7.80. The summed E-state index contributed by atoms with van der Waals surface area (Å²) in [6.45, 7) is 2.34. The van der Waals surface area contributed by atoms with Gasteiger partial charge in [-0.3, -0.25) is 0 Å². The van der Waals surface area contributed by atoms with Crippen LogP contribution in [-0.2, 0) is 0 Å². The number of hydrogen-bond acceptors (Lipinski definition) is 3. The highest BCUT2D eigenvalue weighted by molar-refractivity contribution is 4.73.